The average Bonchev–Trinajstić information content (AvgIpc) is 3.56. The van der Waals surface area contributed by atoms with E-state index in [0.717, 1.165) is 29.4 Å². The molecule has 2 aromatic carbocycles. The summed E-state index contributed by atoms with van der Waals surface area (Å²) in [6.45, 7) is 6.17. The monoisotopic (exact) mass is 514 g/mol. The van der Waals surface area contributed by atoms with Crippen LogP contribution in [0.25, 0.3) is 16.9 Å². The first kappa shape index (κ1) is 24.3. The molecule has 2 fully saturated rings. The molecule has 0 saturated carbocycles. The lowest BCUT2D eigenvalue weighted by Gasteiger charge is -2.37. The molecule has 9 heteroatoms. The van der Waals surface area contributed by atoms with Gasteiger partial charge in [0.2, 0.25) is 0 Å². The lowest BCUT2D eigenvalue weighted by molar-refractivity contribution is -0.00522. The number of imidazole rings is 1. The van der Waals surface area contributed by atoms with Gasteiger partial charge < -0.3 is 14.5 Å². The van der Waals surface area contributed by atoms with Crippen LogP contribution in [0.5, 0.6) is 0 Å². The Bertz CT molecular complexity index is 1540. The number of nitrogens with zero attached hydrogens (tertiary/aromatic N) is 6. The van der Waals surface area contributed by atoms with Crippen molar-refractivity contribution >= 4 is 17.2 Å². The maximum Gasteiger partial charge on any atom is 0.154 e. The van der Waals surface area contributed by atoms with Gasteiger partial charge in [0.25, 0.3) is 0 Å². The Balaban J connectivity index is 1.39. The van der Waals surface area contributed by atoms with Crippen molar-refractivity contribution in [1.82, 2.24) is 14.6 Å². The van der Waals surface area contributed by atoms with Crippen molar-refractivity contribution < 1.29 is 13.5 Å². The second-order valence-corrected chi connectivity index (χ2v) is 10.1. The maximum absolute atomic E-state index is 14.6. The van der Waals surface area contributed by atoms with Crippen molar-refractivity contribution in [1.29, 1.82) is 5.26 Å². The number of aromatic nitrogens is 3. The van der Waals surface area contributed by atoms with Gasteiger partial charge in [0, 0.05) is 30.8 Å². The van der Waals surface area contributed by atoms with E-state index in [1.54, 1.807) is 10.7 Å². The van der Waals surface area contributed by atoms with E-state index < -0.39 is 11.6 Å². The van der Waals surface area contributed by atoms with Gasteiger partial charge in [0.05, 0.1) is 41.4 Å². The van der Waals surface area contributed by atoms with Crippen molar-refractivity contribution in [3.05, 3.63) is 77.5 Å². The highest BCUT2D eigenvalue weighted by Gasteiger charge is 2.30. The Labute approximate surface area is 219 Å². The number of rotatable bonds is 4. The number of ether oxygens (including phenoxy) is 1. The van der Waals surface area contributed by atoms with Gasteiger partial charge in [-0.3, -0.25) is 0 Å². The summed E-state index contributed by atoms with van der Waals surface area (Å²) in [5.41, 5.74) is 4.16. The number of anilines is 2. The van der Waals surface area contributed by atoms with Crippen LogP contribution in [0, 0.1) is 23.0 Å². The number of morpholine rings is 1. The Morgan fingerprint density at radius 3 is 2.63 bits per heavy atom. The average molecular weight is 515 g/mol. The van der Waals surface area contributed by atoms with Gasteiger partial charge >= 0.3 is 0 Å². The molecule has 0 bridgehead atoms. The topological polar surface area (TPSA) is 69.7 Å². The minimum absolute atomic E-state index is 0.0605. The van der Waals surface area contributed by atoms with Crippen molar-refractivity contribution in [2.45, 2.75) is 44.9 Å². The van der Waals surface area contributed by atoms with Gasteiger partial charge in [0.1, 0.15) is 23.5 Å². The summed E-state index contributed by atoms with van der Waals surface area (Å²) < 4.78 is 36.3. The summed E-state index contributed by atoms with van der Waals surface area (Å²) in [4.78, 5) is 8.78. The summed E-state index contributed by atoms with van der Waals surface area (Å²) in [5.74, 6) is -0.189. The minimum Gasteiger partial charge on any atom is -0.372 e. The SMILES string of the molecule is CC1CN(c2cc(-c3cnc4ccc(N5CCCC5c5cc(F)ccc5F)nn34)ccc2C#N)CC(C)O1. The lowest BCUT2D eigenvalue weighted by atomic mass is 10.0. The number of hydrogen-bond donors (Lipinski definition) is 0. The zero-order valence-electron chi connectivity index (χ0n) is 21.3. The summed E-state index contributed by atoms with van der Waals surface area (Å²) in [6.07, 6.45) is 3.46. The van der Waals surface area contributed by atoms with Gasteiger partial charge in [-0.15, -0.1) is 5.10 Å². The highest BCUT2D eigenvalue weighted by Crippen LogP contribution is 2.37. The van der Waals surface area contributed by atoms with E-state index in [-0.39, 0.29) is 18.2 Å². The molecule has 2 aromatic heterocycles. The van der Waals surface area contributed by atoms with Crippen LogP contribution in [0.2, 0.25) is 0 Å². The third-order valence-electron chi connectivity index (χ3n) is 7.39. The molecule has 2 aliphatic rings. The Morgan fingerprint density at radius 2 is 1.84 bits per heavy atom. The third-order valence-corrected chi connectivity index (χ3v) is 7.39. The van der Waals surface area contributed by atoms with E-state index in [9.17, 15) is 14.0 Å². The van der Waals surface area contributed by atoms with E-state index in [1.165, 1.54) is 12.1 Å². The van der Waals surface area contributed by atoms with E-state index in [1.807, 2.05) is 49.1 Å². The predicted molar refractivity (Wildman–Crippen MR) is 141 cm³/mol. The molecule has 7 nitrogen and oxygen atoms in total. The first-order valence-electron chi connectivity index (χ1n) is 12.9. The molecule has 3 unspecified atom stereocenters. The highest BCUT2D eigenvalue weighted by atomic mass is 19.1. The first-order chi connectivity index (χ1) is 18.4. The molecular weight excluding hydrogens is 486 g/mol. The van der Waals surface area contributed by atoms with E-state index >= 15 is 0 Å². The molecule has 0 aliphatic carbocycles. The minimum atomic E-state index is -0.450. The molecule has 38 heavy (non-hydrogen) atoms. The van der Waals surface area contributed by atoms with Crippen LogP contribution >= 0.6 is 0 Å². The van der Waals surface area contributed by atoms with Crippen molar-refractivity contribution in [2.24, 2.45) is 0 Å². The molecule has 0 spiro atoms. The van der Waals surface area contributed by atoms with Crippen LogP contribution in [-0.2, 0) is 4.74 Å². The molecule has 3 atom stereocenters. The van der Waals surface area contributed by atoms with E-state index in [0.29, 0.717) is 48.6 Å². The normalized spacial score (nSPS) is 21.7. The fourth-order valence-electron chi connectivity index (χ4n) is 5.77. The highest BCUT2D eigenvalue weighted by molar-refractivity contribution is 5.72. The zero-order valence-corrected chi connectivity index (χ0v) is 21.3. The molecule has 2 saturated heterocycles. The van der Waals surface area contributed by atoms with Crippen LogP contribution in [-0.4, -0.2) is 46.4 Å². The van der Waals surface area contributed by atoms with Crippen LogP contribution in [0.1, 0.15) is 43.9 Å². The molecule has 0 N–H and O–H groups in total. The molecule has 194 valence electrons. The Kier molecular flexibility index (Phi) is 6.20. The summed E-state index contributed by atoms with van der Waals surface area (Å²) >= 11 is 0. The Morgan fingerprint density at radius 1 is 1.03 bits per heavy atom. The molecule has 0 amide bonds. The standard InChI is InChI=1S/C29H28F2N6O/c1-18-16-35(17-19(2)38-18)26-12-20(5-6-21(26)14-32)27-15-33-28-9-10-29(34-37(27)28)36-11-3-4-25(36)23-13-22(30)7-8-24(23)31/h5-10,12-13,15,18-19,25H,3-4,11,16-17H2,1-2H3. The molecule has 0 radical (unpaired) electrons. The zero-order chi connectivity index (χ0) is 26.4. The van der Waals surface area contributed by atoms with Crippen LogP contribution < -0.4 is 9.80 Å². The number of fused-ring (bicyclic) bond motifs is 1. The van der Waals surface area contributed by atoms with Gasteiger partial charge in [-0.25, -0.2) is 18.3 Å². The summed E-state index contributed by atoms with van der Waals surface area (Å²) in [5, 5.41) is 14.7. The molecule has 2 aliphatic heterocycles. The Hall–Kier alpha value is -4.03. The van der Waals surface area contributed by atoms with Crippen LogP contribution in [0.4, 0.5) is 20.3 Å². The molecule has 4 aromatic rings. The molecular formula is C29H28F2N6O. The van der Waals surface area contributed by atoms with Gasteiger partial charge in [-0.05, 0) is 69.2 Å². The quantitative estimate of drug-likeness (QED) is 0.358. The largest absolute Gasteiger partial charge is 0.372 e. The second-order valence-electron chi connectivity index (χ2n) is 10.1. The molecule has 4 heterocycles. The number of hydrogen-bond acceptors (Lipinski definition) is 6. The number of benzene rings is 2. The lowest BCUT2D eigenvalue weighted by Crippen LogP contribution is -2.45. The summed E-state index contributed by atoms with van der Waals surface area (Å²) in [6, 6.07) is 15.2. The van der Waals surface area contributed by atoms with Crippen LogP contribution in [0.15, 0.2) is 54.7 Å². The predicted octanol–water partition coefficient (Wildman–Crippen LogP) is 5.50. The van der Waals surface area contributed by atoms with Crippen molar-refractivity contribution in [3.8, 4) is 17.3 Å². The van der Waals surface area contributed by atoms with Gasteiger partial charge in [-0.1, -0.05) is 6.07 Å². The smallest absolute Gasteiger partial charge is 0.154 e. The maximum atomic E-state index is 14.6. The van der Waals surface area contributed by atoms with E-state index in [2.05, 4.69) is 16.0 Å². The van der Waals surface area contributed by atoms with Gasteiger partial charge in [-0.2, -0.15) is 5.26 Å². The molecule has 6 rings (SSSR count). The second kappa shape index (κ2) is 9.69. The van der Waals surface area contributed by atoms with Crippen molar-refractivity contribution in [2.75, 3.05) is 29.4 Å². The number of nitriles is 1. The number of halogens is 2. The van der Waals surface area contributed by atoms with Gasteiger partial charge in [0.15, 0.2) is 5.65 Å². The first-order valence-corrected chi connectivity index (χ1v) is 12.9. The van der Waals surface area contributed by atoms with E-state index in [4.69, 9.17) is 9.84 Å². The fraction of sp³-hybridized carbons (Fsp3) is 0.345. The third kappa shape index (κ3) is 4.35. The van der Waals surface area contributed by atoms with Crippen LogP contribution in [0.3, 0.4) is 0 Å². The summed E-state index contributed by atoms with van der Waals surface area (Å²) in [7, 11) is 0. The fourth-order valence-corrected chi connectivity index (χ4v) is 5.77. The van der Waals surface area contributed by atoms with Crippen molar-refractivity contribution in [3.63, 3.8) is 0 Å².